The number of piperazine rings is 1. The molecule has 4 rings (SSSR count). The number of quaternary nitrogens is 1. The van der Waals surface area contributed by atoms with E-state index in [-0.39, 0.29) is 0 Å². The van der Waals surface area contributed by atoms with Gasteiger partial charge in [0.25, 0.3) is 0 Å². The van der Waals surface area contributed by atoms with Crippen molar-refractivity contribution in [1.82, 2.24) is 14.6 Å². The van der Waals surface area contributed by atoms with Crippen LogP contribution in [0.15, 0.2) is 36.5 Å². The van der Waals surface area contributed by atoms with E-state index >= 15 is 0 Å². The van der Waals surface area contributed by atoms with Gasteiger partial charge in [-0.3, -0.25) is 0 Å². The minimum absolute atomic E-state index is 0.568. The van der Waals surface area contributed by atoms with Gasteiger partial charge >= 0.3 is 0 Å². The maximum Gasteiger partial charge on any atom is 0.165 e. The number of nitrogens with zero attached hydrogens (tertiary/aromatic N) is 5. The van der Waals surface area contributed by atoms with Gasteiger partial charge in [-0.25, -0.2) is 4.98 Å². The summed E-state index contributed by atoms with van der Waals surface area (Å²) in [5.74, 6) is 1.86. The lowest BCUT2D eigenvalue weighted by molar-refractivity contribution is -0.893. The molecular weight excluding hydrogens is 340 g/mol. The lowest BCUT2D eigenvalue weighted by atomic mass is 10.1. The Labute approximate surface area is 158 Å². The summed E-state index contributed by atoms with van der Waals surface area (Å²) < 4.78 is 7.45. The van der Waals surface area contributed by atoms with Crippen molar-refractivity contribution in [2.45, 2.75) is 6.92 Å². The molecule has 3 aromatic rings. The first-order valence-corrected chi connectivity index (χ1v) is 9.15. The first-order chi connectivity index (χ1) is 13.2. The van der Waals surface area contributed by atoms with Crippen LogP contribution in [0.3, 0.4) is 0 Å². The zero-order valence-corrected chi connectivity index (χ0v) is 15.6. The number of anilines is 1. The van der Waals surface area contributed by atoms with Crippen LogP contribution in [-0.4, -0.2) is 54.4 Å². The average Bonchev–Trinajstić information content (AvgIpc) is 3.11. The number of aryl methyl sites for hydroxylation is 1. The standard InChI is InChI=1S/C20H22N6O/c1-15-13-19(25-11-9-24(8-7-21)10-12-25)26-20(23-15)17(14-22-26)16-5-3-4-6-18(16)27-2/h3-6,13-14H,8-12H2,1-2H3/p+1. The zero-order chi connectivity index (χ0) is 18.8. The molecule has 1 fully saturated rings. The van der Waals surface area contributed by atoms with Crippen LogP contribution in [0, 0.1) is 18.3 Å². The molecule has 7 heteroatoms. The van der Waals surface area contributed by atoms with Gasteiger partial charge in [-0.2, -0.15) is 14.9 Å². The molecule has 0 atom stereocenters. The Bertz CT molecular complexity index is 997. The summed E-state index contributed by atoms with van der Waals surface area (Å²) in [5, 5.41) is 13.6. The van der Waals surface area contributed by atoms with Gasteiger partial charge in [-0.05, 0) is 13.0 Å². The van der Waals surface area contributed by atoms with Gasteiger partial charge in [-0.1, -0.05) is 18.2 Å². The molecule has 1 aromatic carbocycles. The van der Waals surface area contributed by atoms with Crippen LogP contribution in [0.1, 0.15) is 5.69 Å². The Morgan fingerprint density at radius 3 is 2.74 bits per heavy atom. The molecule has 3 heterocycles. The summed E-state index contributed by atoms with van der Waals surface area (Å²) in [6, 6.07) is 12.3. The van der Waals surface area contributed by atoms with Crippen LogP contribution in [0.4, 0.5) is 5.82 Å². The number of fused-ring (bicyclic) bond motifs is 1. The maximum absolute atomic E-state index is 8.92. The summed E-state index contributed by atoms with van der Waals surface area (Å²) in [4.78, 5) is 8.43. The van der Waals surface area contributed by atoms with E-state index in [2.05, 4.69) is 22.1 Å². The molecule has 27 heavy (non-hydrogen) atoms. The van der Waals surface area contributed by atoms with Crippen molar-refractivity contribution < 1.29 is 9.64 Å². The normalized spacial score (nSPS) is 15.1. The summed E-state index contributed by atoms with van der Waals surface area (Å²) in [5.41, 5.74) is 3.75. The molecule has 0 saturated carbocycles. The van der Waals surface area contributed by atoms with E-state index < -0.39 is 0 Å². The fraction of sp³-hybridized carbons (Fsp3) is 0.350. The second-order valence-corrected chi connectivity index (χ2v) is 6.82. The summed E-state index contributed by atoms with van der Waals surface area (Å²) >= 11 is 0. The number of aromatic nitrogens is 3. The summed E-state index contributed by atoms with van der Waals surface area (Å²) in [6.45, 7) is 6.30. The van der Waals surface area contributed by atoms with E-state index in [0.29, 0.717) is 6.54 Å². The predicted octanol–water partition coefficient (Wildman–Crippen LogP) is 0.942. The molecule has 0 amide bonds. The highest BCUT2D eigenvalue weighted by atomic mass is 16.5. The third kappa shape index (κ3) is 3.20. The van der Waals surface area contributed by atoms with Crippen LogP contribution < -0.4 is 14.5 Å². The molecule has 7 nitrogen and oxygen atoms in total. The first-order valence-electron chi connectivity index (χ1n) is 9.15. The van der Waals surface area contributed by atoms with E-state index in [1.165, 1.54) is 4.90 Å². The number of nitriles is 1. The number of hydrogen-bond donors (Lipinski definition) is 1. The van der Waals surface area contributed by atoms with Gasteiger partial charge in [0.05, 0.1) is 45.0 Å². The van der Waals surface area contributed by atoms with Gasteiger partial charge in [0.15, 0.2) is 12.2 Å². The minimum atomic E-state index is 0.568. The van der Waals surface area contributed by atoms with Crippen molar-refractivity contribution in [3.05, 3.63) is 42.2 Å². The Balaban J connectivity index is 1.74. The van der Waals surface area contributed by atoms with Crippen molar-refractivity contribution in [3.63, 3.8) is 0 Å². The van der Waals surface area contributed by atoms with E-state index in [9.17, 15) is 0 Å². The highest BCUT2D eigenvalue weighted by Crippen LogP contribution is 2.33. The van der Waals surface area contributed by atoms with Crippen LogP contribution in [0.5, 0.6) is 5.75 Å². The lowest BCUT2D eigenvalue weighted by Crippen LogP contribution is -3.14. The lowest BCUT2D eigenvalue weighted by Gasteiger charge is -2.32. The minimum Gasteiger partial charge on any atom is -0.496 e. The molecule has 0 aliphatic carbocycles. The Hall–Kier alpha value is -3.11. The molecule has 1 saturated heterocycles. The molecular formula is C20H23N6O+. The fourth-order valence-corrected chi connectivity index (χ4v) is 3.69. The highest BCUT2D eigenvalue weighted by Gasteiger charge is 2.23. The van der Waals surface area contributed by atoms with Crippen molar-refractivity contribution >= 4 is 11.5 Å². The Morgan fingerprint density at radius 2 is 2.00 bits per heavy atom. The molecule has 0 radical (unpaired) electrons. The van der Waals surface area contributed by atoms with Crippen molar-refractivity contribution in [2.24, 2.45) is 0 Å². The van der Waals surface area contributed by atoms with E-state index in [1.807, 2.05) is 41.9 Å². The number of methoxy groups -OCH3 is 1. The molecule has 0 bridgehead atoms. The van der Waals surface area contributed by atoms with E-state index in [4.69, 9.17) is 15.0 Å². The molecule has 2 aromatic heterocycles. The average molecular weight is 363 g/mol. The molecule has 0 unspecified atom stereocenters. The second-order valence-electron chi connectivity index (χ2n) is 6.82. The molecule has 138 valence electrons. The van der Waals surface area contributed by atoms with Crippen molar-refractivity contribution in [2.75, 3.05) is 44.7 Å². The highest BCUT2D eigenvalue weighted by molar-refractivity contribution is 5.82. The van der Waals surface area contributed by atoms with Crippen LogP contribution in [0.25, 0.3) is 16.8 Å². The number of nitrogens with one attached hydrogen (secondary N) is 1. The van der Waals surface area contributed by atoms with Gasteiger partial charge in [0.2, 0.25) is 0 Å². The summed E-state index contributed by atoms with van der Waals surface area (Å²) in [7, 11) is 1.68. The van der Waals surface area contributed by atoms with Gasteiger partial charge in [0.1, 0.15) is 17.6 Å². The molecule has 1 N–H and O–H groups in total. The largest absolute Gasteiger partial charge is 0.496 e. The van der Waals surface area contributed by atoms with Crippen LogP contribution in [0.2, 0.25) is 0 Å². The van der Waals surface area contributed by atoms with E-state index in [1.54, 1.807) is 7.11 Å². The van der Waals surface area contributed by atoms with Crippen molar-refractivity contribution in [1.29, 1.82) is 5.26 Å². The predicted molar refractivity (Wildman–Crippen MR) is 103 cm³/mol. The third-order valence-electron chi connectivity index (χ3n) is 5.10. The summed E-state index contributed by atoms with van der Waals surface area (Å²) in [6.07, 6.45) is 1.86. The maximum atomic E-state index is 8.92. The number of para-hydroxylation sites is 1. The van der Waals surface area contributed by atoms with Crippen LogP contribution in [-0.2, 0) is 0 Å². The smallest absolute Gasteiger partial charge is 0.165 e. The van der Waals surface area contributed by atoms with Crippen LogP contribution >= 0.6 is 0 Å². The Morgan fingerprint density at radius 1 is 1.22 bits per heavy atom. The SMILES string of the molecule is COc1ccccc1-c1cnn2c(N3CC[NH+](CC#N)CC3)cc(C)nc12. The topological polar surface area (TPSA) is 70.9 Å². The van der Waals surface area contributed by atoms with Gasteiger partial charge < -0.3 is 14.5 Å². The molecule has 1 aliphatic rings. The Kier molecular flexibility index (Phi) is 4.65. The van der Waals surface area contributed by atoms with E-state index in [0.717, 1.165) is 60.2 Å². The fourth-order valence-electron chi connectivity index (χ4n) is 3.69. The number of hydrogen-bond acceptors (Lipinski definition) is 5. The van der Waals surface area contributed by atoms with Gasteiger partial charge in [0, 0.05) is 17.3 Å². The third-order valence-corrected chi connectivity index (χ3v) is 5.10. The molecule has 0 spiro atoms. The van der Waals surface area contributed by atoms with Crippen molar-refractivity contribution in [3.8, 4) is 22.9 Å². The van der Waals surface area contributed by atoms with Gasteiger partial charge in [-0.15, -0.1) is 0 Å². The molecule has 1 aliphatic heterocycles. The number of benzene rings is 1. The number of ether oxygens (including phenoxy) is 1. The quantitative estimate of drug-likeness (QED) is 0.699. The number of rotatable bonds is 4. The zero-order valence-electron chi connectivity index (χ0n) is 15.6. The first kappa shape index (κ1) is 17.3. The monoisotopic (exact) mass is 363 g/mol. The second kappa shape index (κ2) is 7.25.